The molecule has 1 unspecified atom stereocenters. The van der Waals surface area contributed by atoms with Crippen molar-refractivity contribution in [2.45, 2.75) is 13.0 Å². The lowest BCUT2D eigenvalue weighted by Crippen LogP contribution is -2.03. The Balaban J connectivity index is 3.00. The van der Waals surface area contributed by atoms with Crippen molar-refractivity contribution in [1.82, 2.24) is 0 Å². The van der Waals surface area contributed by atoms with Crippen LogP contribution in [0.2, 0.25) is 0 Å². The fourth-order valence-corrected chi connectivity index (χ4v) is 1.06. The van der Waals surface area contributed by atoms with Crippen LogP contribution in [0.4, 0.5) is 4.39 Å². The highest BCUT2D eigenvalue weighted by molar-refractivity contribution is 5.25. The summed E-state index contributed by atoms with van der Waals surface area (Å²) in [5, 5.41) is 17.8. The van der Waals surface area contributed by atoms with E-state index in [1.54, 1.807) is 13.0 Å². The molecule has 0 aliphatic carbocycles. The van der Waals surface area contributed by atoms with Gasteiger partial charge in [-0.1, -0.05) is 6.07 Å². The van der Waals surface area contributed by atoms with Gasteiger partial charge in [-0.3, -0.25) is 0 Å². The Labute approximate surface area is 70.3 Å². The molecule has 66 valence electrons. The summed E-state index contributed by atoms with van der Waals surface area (Å²) in [5.74, 6) is -0.391. The van der Waals surface area contributed by atoms with E-state index >= 15 is 0 Å². The van der Waals surface area contributed by atoms with E-state index in [9.17, 15) is 4.39 Å². The maximum atomic E-state index is 12.7. The summed E-state index contributed by atoms with van der Waals surface area (Å²) < 4.78 is 12.7. The van der Waals surface area contributed by atoms with Crippen LogP contribution in [0, 0.1) is 12.7 Å². The lowest BCUT2D eigenvalue weighted by atomic mass is 10.1. The molecule has 1 aromatic carbocycles. The van der Waals surface area contributed by atoms with Crippen molar-refractivity contribution in [2.24, 2.45) is 0 Å². The van der Waals surface area contributed by atoms with Crippen LogP contribution in [0.15, 0.2) is 18.2 Å². The number of aliphatic hydroxyl groups is 2. The average molecular weight is 170 g/mol. The first-order valence-electron chi connectivity index (χ1n) is 3.69. The van der Waals surface area contributed by atoms with E-state index in [4.69, 9.17) is 10.2 Å². The topological polar surface area (TPSA) is 40.5 Å². The van der Waals surface area contributed by atoms with Gasteiger partial charge >= 0.3 is 0 Å². The number of hydrogen-bond donors (Lipinski definition) is 2. The van der Waals surface area contributed by atoms with Crippen molar-refractivity contribution >= 4 is 0 Å². The molecular weight excluding hydrogens is 159 g/mol. The summed E-state index contributed by atoms with van der Waals surface area (Å²) in [6.07, 6.45) is -0.987. The number of aliphatic hydroxyl groups excluding tert-OH is 2. The summed E-state index contributed by atoms with van der Waals surface area (Å²) >= 11 is 0. The smallest absolute Gasteiger partial charge is 0.123 e. The molecule has 2 N–H and O–H groups in total. The summed E-state index contributed by atoms with van der Waals surface area (Å²) in [6, 6.07) is 4.23. The minimum atomic E-state index is -0.987. The van der Waals surface area contributed by atoms with E-state index in [1.165, 1.54) is 12.1 Å². The molecule has 12 heavy (non-hydrogen) atoms. The van der Waals surface area contributed by atoms with Gasteiger partial charge in [-0.25, -0.2) is 4.39 Å². The zero-order valence-corrected chi connectivity index (χ0v) is 6.79. The first kappa shape index (κ1) is 9.16. The number of benzene rings is 1. The monoisotopic (exact) mass is 170 g/mol. The Kier molecular flexibility index (Phi) is 2.78. The van der Waals surface area contributed by atoms with Crippen molar-refractivity contribution < 1.29 is 14.6 Å². The highest BCUT2D eigenvalue weighted by Gasteiger charge is 2.06. The molecule has 0 aliphatic rings. The van der Waals surface area contributed by atoms with Gasteiger partial charge in [0.15, 0.2) is 0 Å². The van der Waals surface area contributed by atoms with E-state index in [0.29, 0.717) is 5.56 Å². The third-order valence-electron chi connectivity index (χ3n) is 1.62. The predicted octanol–water partition coefficient (Wildman–Crippen LogP) is 1.16. The zero-order valence-electron chi connectivity index (χ0n) is 6.79. The minimum absolute atomic E-state index is 0.386. The van der Waals surface area contributed by atoms with Crippen molar-refractivity contribution in [2.75, 3.05) is 6.61 Å². The Hall–Kier alpha value is -0.930. The van der Waals surface area contributed by atoms with Crippen LogP contribution in [0.25, 0.3) is 0 Å². The molecule has 0 saturated carbocycles. The predicted molar refractivity (Wildman–Crippen MR) is 43.2 cm³/mol. The molecule has 0 saturated heterocycles. The van der Waals surface area contributed by atoms with E-state index < -0.39 is 11.9 Å². The van der Waals surface area contributed by atoms with Gasteiger partial charge in [-0.05, 0) is 30.2 Å². The average Bonchev–Trinajstić information content (AvgIpc) is 2.01. The first-order chi connectivity index (χ1) is 5.63. The molecule has 0 amide bonds. The summed E-state index contributed by atoms with van der Waals surface area (Å²) in [5.41, 5.74) is 1.15. The highest BCUT2D eigenvalue weighted by Crippen LogP contribution is 2.15. The van der Waals surface area contributed by atoms with E-state index in [-0.39, 0.29) is 6.61 Å². The number of hydrogen-bond acceptors (Lipinski definition) is 2. The lowest BCUT2D eigenvalue weighted by Gasteiger charge is -2.07. The fourth-order valence-electron chi connectivity index (χ4n) is 1.06. The van der Waals surface area contributed by atoms with Gasteiger partial charge in [-0.15, -0.1) is 0 Å². The van der Waals surface area contributed by atoms with Crippen molar-refractivity contribution in [3.8, 4) is 0 Å². The van der Waals surface area contributed by atoms with Gasteiger partial charge in [0.05, 0.1) is 6.61 Å². The van der Waals surface area contributed by atoms with E-state index in [0.717, 1.165) is 5.56 Å². The van der Waals surface area contributed by atoms with Gasteiger partial charge < -0.3 is 10.2 Å². The van der Waals surface area contributed by atoms with Crippen molar-refractivity contribution in [3.05, 3.63) is 35.1 Å². The summed E-state index contributed by atoms with van der Waals surface area (Å²) in [4.78, 5) is 0. The summed E-state index contributed by atoms with van der Waals surface area (Å²) in [6.45, 7) is 1.35. The molecule has 0 aromatic heterocycles. The molecule has 1 rings (SSSR count). The molecule has 0 radical (unpaired) electrons. The van der Waals surface area contributed by atoms with Gasteiger partial charge in [0.1, 0.15) is 11.9 Å². The number of rotatable bonds is 2. The molecule has 0 bridgehead atoms. The van der Waals surface area contributed by atoms with Crippen molar-refractivity contribution in [3.63, 3.8) is 0 Å². The number of halogens is 1. The zero-order chi connectivity index (χ0) is 9.14. The maximum absolute atomic E-state index is 12.7. The minimum Gasteiger partial charge on any atom is -0.393 e. The Morgan fingerprint density at radius 2 is 2.08 bits per heavy atom. The Morgan fingerprint density at radius 3 is 2.58 bits per heavy atom. The molecule has 0 fully saturated rings. The second kappa shape index (κ2) is 3.65. The molecule has 3 heteroatoms. The molecule has 2 nitrogen and oxygen atoms in total. The summed E-state index contributed by atoms with van der Waals surface area (Å²) in [7, 11) is 0. The van der Waals surface area contributed by atoms with Gasteiger partial charge in [-0.2, -0.15) is 0 Å². The van der Waals surface area contributed by atoms with Crippen LogP contribution < -0.4 is 0 Å². The number of aryl methyl sites for hydroxylation is 1. The van der Waals surface area contributed by atoms with Gasteiger partial charge in [0.25, 0.3) is 0 Å². The van der Waals surface area contributed by atoms with E-state index in [2.05, 4.69) is 0 Å². The standard InChI is InChI=1S/C9H11FO2/c1-6-2-7(9(12)5-11)4-8(10)3-6/h2-4,9,11-12H,5H2,1H3. The molecule has 1 aromatic rings. The molecule has 0 heterocycles. The highest BCUT2D eigenvalue weighted by atomic mass is 19.1. The molecule has 0 aliphatic heterocycles. The second-order valence-corrected chi connectivity index (χ2v) is 2.76. The molecular formula is C9H11FO2. The normalized spacial score (nSPS) is 13.0. The second-order valence-electron chi connectivity index (χ2n) is 2.76. The van der Waals surface area contributed by atoms with Crippen LogP contribution in [0.1, 0.15) is 17.2 Å². The Bertz CT molecular complexity index is 253. The fraction of sp³-hybridized carbons (Fsp3) is 0.333. The first-order valence-corrected chi connectivity index (χ1v) is 3.69. The van der Waals surface area contributed by atoms with Gasteiger partial charge in [0.2, 0.25) is 0 Å². The van der Waals surface area contributed by atoms with Crippen LogP contribution in [0.3, 0.4) is 0 Å². The van der Waals surface area contributed by atoms with E-state index in [1.807, 2.05) is 0 Å². The third-order valence-corrected chi connectivity index (χ3v) is 1.62. The SMILES string of the molecule is Cc1cc(F)cc(C(O)CO)c1. The quantitative estimate of drug-likeness (QED) is 0.699. The Morgan fingerprint density at radius 1 is 1.42 bits per heavy atom. The van der Waals surface area contributed by atoms with Crippen LogP contribution in [-0.2, 0) is 0 Å². The third kappa shape index (κ3) is 2.03. The molecule has 1 atom stereocenters. The van der Waals surface area contributed by atoms with Gasteiger partial charge in [0, 0.05) is 0 Å². The van der Waals surface area contributed by atoms with Crippen LogP contribution >= 0.6 is 0 Å². The van der Waals surface area contributed by atoms with Crippen molar-refractivity contribution in [1.29, 1.82) is 0 Å². The largest absolute Gasteiger partial charge is 0.393 e. The van der Waals surface area contributed by atoms with Crippen LogP contribution in [0.5, 0.6) is 0 Å². The van der Waals surface area contributed by atoms with Crippen LogP contribution in [-0.4, -0.2) is 16.8 Å². The lowest BCUT2D eigenvalue weighted by molar-refractivity contribution is 0.0953. The molecule has 0 spiro atoms. The maximum Gasteiger partial charge on any atom is 0.123 e.